The van der Waals surface area contributed by atoms with Crippen molar-refractivity contribution in [1.29, 1.82) is 0 Å². The SMILES string of the molecule is COc1ccc(-c2c(C)oc3cc(OC(C)=O)ccc3c2=O)cc1. The number of hydrogen-bond donors (Lipinski definition) is 0. The van der Waals surface area contributed by atoms with Crippen molar-refractivity contribution in [2.45, 2.75) is 13.8 Å². The van der Waals surface area contributed by atoms with Crippen LogP contribution in [-0.2, 0) is 4.79 Å². The van der Waals surface area contributed by atoms with Crippen molar-refractivity contribution in [3.63, 3.8) is 0 Å². The molecule has 0 N–H and O–H groups in total. The fourth-order valence-electron chi connectivity index (χ4n) is 2.61. The van der Waals surface area contributed by atoms with Crippen LogP contribution in [0.2, 0.25) is 0 Å². The normalized spacial score (nSPS) is 10.6. The van der Waals surface area contributed by atoms with E-state index in [1.54, 1.807) is 44.4 Å². The maximum atomic E-state index is 12.8. The Hall–Kier alpha value is -3.08. The summed E-state index contributed by atoms with van der Waals surface area (Å²) in [5.41, 5.74) is 1.51. The Morgan fingerprint density at radius 1 is 1.04 bits per heavy atom. The summed E-state index contributed by atoms with van der Waals surface area (Å²) in [7, 11) is 1.59. The second-order valence-corrected chi connectivity index (χ2v) is 5.34. The molecule has 0 aliphatic heterocycles. The van der Waals surface area contributed by atoms with E-state index in [1.807, 2.05) is 12.1 Å². The summed E-state index contributed by atoms with van der Waals surface area (Å²) in [5.74, 6) is 1.13. The molecule has 5 heteroatoms. The van der Waals surface area contributed by atoms with Gasteiger partial charge in [0.1, 0.15) is 22.8 Å². The van der Waals surface area contributed by atoms with E-state index in [2.05, 4.69) is 0 Å². The van der Waals surface area contributed by atoms with E-state index in [-0.39, 0.29) is 5.43 Å². The van der Waals surface area contributed by atoms with Crippen molar-refractivity contribution in [2.24, 2.45) is 0 Å². The molecular weight excluding hydrogens is 308 g/mol. The number of ether oxygens (including phenoxy) is 2. The first-order valence-electron chi connectivity index (χ1n) is 7.40. The number of carbonyl (C=O) groups is 1. The molecule has 0 bridgehead atoms. The molecule has 0 radical (unpaired) electrons. The lowest BCUT2D eigenvalue weighted by molar-refractivity contribution is -0.131. The van der Waals surface area contributed by atoms with Gasteiger partial charge in [-0.2, -0.15) is 0 Å². The smallest absolute Gasteiger partial charge is 0.308 e. The highest BCUT2D eigenvalue weighted by molar-refractivity contribution is 5.84. The molecule has 3 aromatic rings. The number of carbonyl (C=O) groups excluding carboxylic acids is 1. The second kappa shape index (κ2) is 6.20. The number of hydrogen-bond acceptors (Lipinski definition) is 5. The van der Waals surface area contributed by atoms with Gasteiger partial charge in [0.05, 0.1) is 18.1 Å². The fourth-order valence-corrected chi connectivity index (χ4v) is 2.61. The number of methoxy groups -OCH3 is 1. The summed E-state index contributed by atoms with van der Waals surface area (Å²) in [5, 5.41) is 0.433. The van der Waals surface area contributed by atoms with Crippen LogP contribution in [0.1, 0.15) is 12.7 Å². The van der Waals surface area contributed by atoms with E-state index in [9.17, 15) is 9.59 Å². The molecule has 0 aliphatic rings. The minimum Gasteiger partial charge on any atom is -0.497 e. The summed E-state index contributed by atoms with van der Waals surface area (Å²) >= 11 is 0. The molecular formula is C19H16O5. The van der Waals surface area contributed by atoms with Gasteiger partial charge in [-0.1, -0.05) is 12.1 Å². The molecule has 0 aliphatic carbocycles. The van der Waals surface area contributed by atoms with Gasteiger partial charge in [0.15, 0.2) is 0 Å². The topological polar surface area (TPSA) is 65.7 Å². The summed E-state index contributed by atoms with van der Waals surface area (Å²) in [6.07, 6.45) is 0. The van der Waals surface area contributed by atoms with Gasteiger partial charge in [0.25, 0.3) is 0 Å². The van der Waals surface area contributed by atoms with E-state index >= 15 is 0 Å². The Bertz CT molecular complexity index is 967. The molecule has 5 nitrogen and oxygen atoms in total. The highest BCUT2D eigenvalue weighted by atomic mass is 16.5. The first-order valence-corrected chi connectivity index (χ1v) is 7.40. The third-order valence-corrected chi connectivity index (χ3v) is 3.68. The minimum atomic E-state index is -0.428. The van der Waals surface area contributed by atoms with Crippen molar-refractivity contribution in [3.8, 4) is 22.6 Å². The molecule has 0 unspecified atom stereocenters. The molecule has 0 spiro atoms. The van der Waals surface area contributed by atoms with E-state index in [1.165, 1.54) is 6.92 Å². The lowest BCUT2D eigenvalue weighted by Crippen LogP contribution is -2.08. The maximum absolute atomic E-state index is 12.8. The van der Waals surface area contributed by atoms with Gasteiger partial charge in [-0.3, -0.25) is 9.59 Å². The third kappa shape index (κ3) is 2.88. The average molecular weight is 324 g/mol. The van der Waals surface area contributed by atoms with E-state index < -0.39 is 5.97 Å². The average Bonchev–Trinajstić information content (AvgIpc) is 2.54. The van der Waals surface area contributed by atoms with Gasteiger partial charge in [-0.15, -0.1) is 0 Å². The van der Waals surface area contributed by atoms with Crippen LogP contribution >= 0.6 is 0 Å². The number of esters is 1. The number of aryl methyl sites for hydroxylation is 1. The highest BCUT2D eigenvalue weighted by Crippen LogP contribution is 2.27. The van der Waals surface area contributed by atoms with Gasteiger partial charge < -0.3 is 13.9 Å². The molecule has 0 saturated heterocycles. The van der Waals surface area contributed by atoms with E-state index in [0.717, 1.165) is 5.56 Å². The van der Waals surface area contributed by atoms with Crippen LogP contribution < -0.4 is 14.9 Å². The molecule has 0 saturated carbocycles. The van der Waals surface area contributed by atoms with Crippen LogP contribution in [0.15, 0.2) is 51.7 Å². The van der Waals surface area contributed by atoms with Gasteiger partial charge in [0.2, 0.25) is 5.43 Å². The lowest BCUT2D eigenvalue weighted by Gasteiger charge is -2.09. The summed E-state index contributed by atoms with van der Waals surface area (Å²) in [4.78, 5) is 23.9. The molecule has 122 valence electrons. The molecule has 3 rings (SSSR count). The van der Waals surface area contributed by atoms with Crippen LogP contribution in [0.4, 0.5) is 0 Å². The van der Waals surface area contributed by atoms with Crippen LogP contribution in [-0.4, -0.2) is 13.1 Å². The van der Waals surface area contributed by atoms with Crippen molar-refractivity contribution in [2.75, 3.05) is 7.11 Å². The molecule has 0 amide bonds. The molecule has 24 heavy (non-hydrogen) atoms. The lowest BCUT2D eigenvalue weighted by atomic mass is 10.0. The first kappa shape index (κ1) is 15.8. The van der Waals surface area contributed by atoms with Crippen molar-refractivity contribution in [3.05, 3.63) is 58.4 Å². The Morgan fingerprint density at radius 2 is 1.71 bits per heavy atom. The predicted molar refractivity (Wildman–Crippen MR) is 90.5 cm³/mol. The van der Waals surface area contributed by atoms with Crippen LogP contribution in [0.5, 0.6) is 11.5 Å². The molecule has 0 fully saturated rings. The second-order valence-electron chi connectivity index (χ2n) is 5.34. The van der Waals surface area contributed by atoms with E-state index in [4.69, 9.17) is 13.9 Å². The molecule has 1 heterocycles. The summed E-state index contributed by atoms with van der Waals surface area (Å²) in [6.45, 7) is 3.05. The zero-order valence-corrected chi connectivity index (χ0v) is 13.6. The fraction of sp³-hybridized carbons (Fsp3) is 0.158. The van der Waals surface area contributed by atoms with Crippen molar-refractivity contribution < 1.29 is 18.7 Å². The van der Waals surface area contributed by atoms with Gasteiger partial charge in [-0.05, 0) is 36.8 Å². The van der Waals surface area contributed by atoms with Crippen molar-refractivity contribution >= 4 is 16.9 Å². The monoisotopic (exact) mass is 324 g/mol. The van der Waals surface area contributed by atoms with Crippen molar-refractivity contribution in [1.82, 2.24) is 0 Å². The number of fused-ring (bicyclic) bond motifs is 1. The number of rotatable bonds is 3. The first-order chi connectivity index (χ1) is 11.5. The quantitative estimate of drug-likeness (QED) is 0.543. The van der Waals surface area contributed by atoms with E-state index in [0.29, 0.717) is 33.8 Å². The van der Waals surface area contributed by atoms with Crippen LogP contribution in [0, 0.1) is 6.92 Å². The minimum absolute atomic E-state index is 0.131. The molecule has 0 atom stereocenters. The Labute approximate surface area is 138 Å². The van der Waals surface area contributed by atoms with Crippen LogP contribution in [0.25, 0.3) is 22.1 Å². The van der Waals surface area contributed by atoms with Crippen LogP contribution in [0.3, 0.4) is 0 Å². The highest BCUT2D eigenvalue weighted by Gasteiger charge is 2.14. The zero-order chi connectivity index (χ0) is 17.3. The Balaban J connectivity index is 2.16. The summed E-state index contributed by atoms with van der Waals surface area (Å²) in [6, 6.07) is 11.9. The van der Waals surface area contributed by atoms with Gasteiger partial charge in [0, 0.05) is 13.0 Å². The largest absolute Gasteiger partial charge is 0.497 e. The van der Waals surface area contributed by atoms with Gasteiger partial charge >= 0.3 is 5.97 Å². The molecule has 1 aromatic heterocycles. The van der Waals surface area contributed by atoms with Gasteiger partial charge in [-0.25, -0.2) is 0 Å². The maximum Gasteiger partial charge on any atom is 0.308 e. The summed E-state index contributed by atoms with van der Waals surface area (Å²) < 4.78 is 15.9. The Morgan fingerprint density at radius 3 is 2.33 bits per heavy atom. The third-order valence-electron chi connectivity index (χ3n) is 3.68. The predicted octanol–water partition coefficient (Wildman–Crippen LogP) is 3.70. The number of benzene rings is 2. The standard InChI is InChI=1S/C19H16O5/c1-11-18(13-4-6-14(22-3)7-5-13)19(21)16-9-8-15(24-12(2)20)10-17(16)23-11/h4-10H,1-3H3. The Kier molecular flexibility index (Phi) is 4.08. The molecule has 2 aromatic carbocycles. The zero-order valence-electron chi connectivity index (χ0n) is 13.6.